The summed E-state index contributed by atoms with van der Waals surface area (Å²) in [5.74, 6) is -1.34. The third-order valence-corrected chi connectivity index (χ3v) is 3.27. The van der Waals surface area contributed by atoms with E-state index in [1.165, 1.54) is 38.1 Å². The monoisotopic (exact) mass is 328 g/mol. The van der Waals surface area contributed by atoms with Crippen molar-refractivity contribution in [1.82, 2.24) is 0 Å². The van der Waals surface area contributed by atoms with Crippen LogP contribution in [0.3, 0.4) is 0 Å². The first-order chi connectivity index (χ1) is 11.3. The Morgan fingerprint density at radius 3 is 2.08 bits per heavy atom. The number of hydrogen-bond acceptors (Lipinski definition) is 7. The van der Waals surface area contributed by atoms with Crippen molar-refractivity contribution in [1.29, 1.82) is 0 Å². The van der Waals surface area contributed by atoms with Crippen molar-refractivity contribution in [3.8, 4) is 17.2 Å². The molecular weight excluding hydrogens is 316 g/mol. The second kappa shape index (κ2) is 5.69. The first-order valence-corrected chi connectivity index (χ1v) is 6.95. The SMILES string of the molecule is CC(=O)Oc1cc2c(=O)oc3cc(O)ccc3c2cc1OC(C)=O. The van der Waals surface area contributed by atoms with Gasteiger partial charge in [0.1, 0.15) is 11.3 Å². The Labute approximate surface area is 135 Å². The molecule has 0 radical (unpaired) electrons. The van der Waals surface area contributed by atoms with E-state index in [-0.39, 0.29) is 28.2 Å². The summed E-state index contributed by atoms with van der Waals surface area (Å²) >= 11 is 0. The van der Waals surface area contributed by atoms with Gasteiger partial charge in [-0.3, -0.25) is 9.59 Å². The maximum Gasteiger partial charge on any atom is 0.344 e. The minimum Gasteiger partial charge on any atom is -0.508 e. The van der Waals surface area contributed by atoms with Gasteiger partial charge in [-0.2, -0.15) is 0 Å². The Hall–Kier alpha value is -3.35. The van der Waals surface area contributed by atoms with Crippen LogP contribution >= 0.6 is 0 Å². The molecular formula is C17H12O7. The van der Waals surface area contributed by atoms with Gasteiger partial charge in [0.05, 0.1) is 5.39 Å². The molecule has 0 saturated heterocycles. The number of fused-ring (bicyclic) bond motifs is 3. The van der Waals surface area contributed by atoms with Crippen LogP contribution in [0.15, 0.2) is 39.5 Å². The van der Waals surface area contributed by atoms with Gasteiger partial charge in [-0.05, 0) is 24.3 Å². The largest absolute Gasteiger partial charge is 0.508 e. The van der Waals surface area contributed by atoms with Crippen molar-refractivity contribution in [2.75, 3.05) is 0 Å². The molecule has 0 aliphatic rings. The van der Waals surface area contributed by atoms with Crippen LogP contribution in [0.25, 0.3) is 21.7 Å². The van der Waals surface area contributed by atoms with Crippen LogP contribution in [-0.2, 0) is 9.59 Å². The molecule has 0 bridgehead atoms. The quantitative estimate of drug-likeness (QED) is 0.333. The molecule has 2 aromatic carbocycles. The van der Waals surface area contributed by atoms with Crippen LogP contribution in [0.5, 0.6) is 17.2 Å². The van der Waals surface area contributed by atoms with Crippen LogP contribution in [0.1, 0.15) is 13.8 Å². The molecule has 3 aromatic rings. The molecule has 1 N–H and O–H groups in total. The Bertz CT molecular complexity index is 1050. The van der Waals surface area contributed by atoms with Crippen molar-refractivity contribution in [3.05, 3.63) is 40.8 Å². The van der Waals surface area contributed by atoms with Crippen LogP contribution in [0, 0.1) is 0 Å². The zero-order chi connectivity index (χ0) is 17.4. The topological polar surface area (TPSA) is 103 Å². The van der Waals surface area contributed by atoms with Gasteiger partial charge in [0.15, 0.2) is 11.5 Å². The van der Waals surface area contributed by atoms with Crippen LogP contribution < -0.4 is 15.1 Å². The van der Waals surface area contributed by atoms with E-state index in [1.54, 1.807) is 6.07 Å². The second-order valence-electron chi connectivity index (χ2n) is 5.10. The fourth-order valence-corrected chi connectivity index (χ4v) is 2.39. The fourth-order valence-electron chi connectivity index (χ4n) is 2.39. The van der Waals surface area contributed by atoms with E-state index in [0.29, 0.717) is 10.8 Å². The molecule has 122 valence electrons. The molecule has 0 spiro atoms. The number of benzene rings is 2. The summed E-state index contributed by atoms with van der Waals surface area (Å²) < 4.78 is 15.2. The molecule has 1 heterocycles. The van der Waals surface area contributed by atoms with Crippen molar-refractivity contribution < 1.29 is 28.6 Å². The van der Waals surface area contributed by atoms with E-state index >= 15 is 0 Å². The van der Waals surface area contributed by atoms with Gasteiger partial charge in [0.2, 0.25) is 0 Å². The number of carbonyl (C=O) groups is 2. The molecule has 3 rings (SSSR count). The molecule has 1 aromatic heterocycles. The zero-order valence-corrected chi connectivity index (χ0v) is 12.8. The number of aromatic hydroxyl groups is 1. The maximum atomic E-state index is 12.2. The number of carbonyl (C=O) groups excluding carboxylic acids is 2. The molecule has 24 heavy (non-hydrogen) atoms. The van der Waals surface area contributed by atoms with Gasteiger partial charge in [0, 0.05) is 30.7 Å². The minimum atomic E-state index is -0.675. The lowest BCUT2D eigenvalue weighted by atomic mass is 10.1. The third-order valence-electron chi connectivity index (χ3n) is 3.27. The number of hydrogen-bond donors (Lipinski definition) is 1. The van der Waals surface area contributed by atoms with Gasteiger partial charge in [0.25, 0.3) is 0 Å². The number of phenolic OH excluding ortho intramolecular Hbond substituents is 1. The Balaban J connectivity index is 2.38. The highest BCUT2D eigenvalue weighted by Crippen LogP contribution is 2.35. The average Bonchev–Trinajstić information content (AvgIpc) is 2.47. The van der Waals surface area contributed by atoms with Crippen LogP contribution in [0.4, 0.5) is 0 Å². The van der Waals surface area contributed by atoms with Gasteiger partial charge in [-0.1, -0.05) is 0 Å². The maximum absolute atomic E-state index is 12.2. The highest BCUT2D eigenvalue weighted by atomic mass is 16.6. The van der Waals surface area contributed by atoms with E-state index in [1.807, 2.05) is 0 Å². The second-order valence-corrected chi connectivity index (χ2v) is 5.10. The summed E-state index contributed by atoms with van der Waals surface area (Å²) in [6.45, 7) is 2.39. The highest BCUT2D eigenvalue weighted by Gasteiger charge is 2.16. The lowest BCUT2D eigenvalue weighted by Gasteiger charge is -2.11. The molecule has 0 aliphatic heterocycles. The van der Waals surface area contributed by atoms with Crippen molar-refractivity contribution in [2.24, 2.45) is 0 Å². The molecule has 0 unspecified atom stereocenters. The summed E-state index contributed by atoms with van der Waals surface area (Å²) in [7, 11) is 0. The normalized spacial score (nSPS) is 10.8. The van der Waals surface area contributed by atoms with Crippen molar-refractivity contribution >= 4 is 33.7 Å². The van der Waals surface area contributed by atoms with Crippen molar-refractivity contribution in [2.45, 2.75) is 13.8 Å². The summed E-state index contributed by atoms with van der Waals surface area (Å²) in [6, 6.07) is 7.02. The number of phenols is 1. The Kier molecular flexibility index (Phi) is 3.69. The predicted octanol–water partition coefficient (Wildman–Crippen LogP) is 2.50. The molecule has 7 nitrogen and oxygen atoms in total. The molecule has 0 fully saturated rings. The average molecular weight is 328 g/mol. The van der Waals surface area contributed by atoms with Crippen LogP contribution in [0.2, 0.25) is 0 Å². The fraction of sp³-hybridized carbons (Fsp3) is 0.118. The predicted molar refractivity (Wildman–Crippen MR) is 84.3 cm³/mol. The van der Waals surface area contributed by atoms with Gasteiger partial charge in [-0.15, -0.1) is 0 Å². The van der Waals surface area contributed by atoms with Gasteiger partial charge in [-0.25, -0.2) is 4.79 Å². The summed E-state index contributed by atoms with van der Waals surface area (Å²) in [5.41, 5.74) is -0.493. The Morgan fingerprint density at radius 1 is 0.917 bits per heavy atom. The van der Waals surface area contributed by atoms with E-state index < -0.39 is 17.6 Å². The molecule has 0 aliphatic carbocycles. The van der Waals surface area contributed by atoms with Crippen molar-refractivity contribution in [3.63, 3.8) is 0 Å². The first-order valence-electron chi connectivity index (χ1n) is 6.95. The Morgan fingerprint density at radius 2 is 1.50 bits per heavy atom. The van der Waals surface area contributed by atoms with E-state index in [2.05, 4.69) is 0 Å². The highest BCUT2D eigenvalue weighted by molar-refractivity contribution is 6.06. The summed E-state index contributed by atoms with van der Waals surface area (Å²) in [5, 5.41) is 10.6. The first kappa shape index (κ1) is 15.5. The minimum absolute atomic E-state index is 0.00479. The van der Waals surface area contributed by atoms with E-state index in [9.17, 15) is 19.5 Å². The smallest absolute Gasteiger partial charge is 0.344 e. The number of rotatable bonds is 2. The van der Waals surface area contributed by atoms with Crippen LogP contribution in [-0.4, -0.2) is 17.0 Å². The summed E-state index contributed by atoms with van der Waals surface area (Å²) in [6.07, 6.45) is 0. The molecule has 0 saturated carbocycles. The lowest BCUT2D eigenvalue weighted by molar-refractivity contribution is -0.134. The zero-order valence-electron chi connectivity index (χ0n) is 12.8. The number of esters is 2. The van der Waals surface area contributed by atoms with Gasteiger partial charge >= 0.3 is 17.6 Å². The molecule has 0 atom stereocenters. The summed E-state index contributed by atoms with van der Waals surface area (Å²) in [4.78, 5) is 34.7. The third kappa shape index (κ3) is 2.79. The molecule has 7 heteroatoms. The lowest BCUT2D eigenvalue weighted by Crippen LogP contribution is -2.08. The standard InChI is InChI=1S/C17H12O7/c1-8(18)22-15-6-12-11-4-3-10(20)5-14(11)24-17(21)13(12)7-16(15)23-9(2)19/h3-7,20H,1-2H3. The number of ether oxygens (including phenoxy) is 2. The van der Waals surface area contributed by atoms with E-state index in [0.717, 1.165) is 0 Å². The van der Waals surface area contributed by atoms with Gasteiger partial charge < -0.3 is 19.0 Å². The van der Waals surface area contributed by atoms with E-state index in [4.69, 9.17) is 13.9 Å². The molecule has 0 amide bonds.